The van der Waals surface area contributed by atoms with Crippen LogP contribution < -0.4 is 11.1 Å². The molecule has 3 N–H and O–H groups in total. The molecule has 0 amide bonds. The Morgan fingerprint density at radius 1 is 1.41 bits per heavy atom. The molecule has 0 saturated heterocycles. The zero-order valence-corrected chi connectivity index (χ0v) is 10.6. The molecule has 0 aromatic heterocycles. The molecule has 0 aliphatic heterocycles. The van der Waals surface area contributed by atoms with E-state index in [-0.39, 0.29) is 6.04 Å². The highest BCUT2D eigenvalue weighted by Crippen LogP contribution is 2.40. The van der Waals surface area contributed by atoms with Crippen molar-refractivity contribution >= 4 is 0 Å². The molecule has 2 heteroatoms. The summed E-state index contributed by atoms with van der Waals surface area (Å²) >= 11 is 0. The van der Waals surface area contributed by atoms with Crippen LogP contribution in [0.15, 0.2) is 36.4 Å². The monoisotopic (exact) mass is 230 g/mol. The van der Waals surface area contributed by atoms with E-state index < -0.39 is 0 Å². The zero-order chi connectivity index (χ0) is 12.3. The van der Waals surface area contributed by atoms with E-state index in [2.05, 4.69) is 36.2 Å². The van der Waals surface area contributed by atoms with Crippen molar-refractivity contribution in [3.8, 4) is 0 Å². The van der Waals surface area contributed by atoms with Crippen molar-refractivity contribution in [3.05, 3.63) is 47.5 Å². The molecule has 1 atom stereocenters. The molecule has 0 spiro atoms. The van der Waals surface area contributed by atoms with Crippen LogP contribution >= 0.6 is 0 Å². The molecule has 2 rings (SSSR count). The average molecular weight is 230 g/mol. The third kappa shape index (κ3) is 3.42. The second-order valence-corrected chi connectivity index (χ2v) is 5.07. The summed E-state index contributed by atoms with van der Waals surface area (Å²) in [7, 11) is 0. The summed E-state index contributed by atoms with van der Waals surface area (Å²) in [5.41, 5.74) is 9.70. The van der Waals surface area contributed by atoms with E-state index in [0.717, 1.165) is 18.0 Å². The quantitative estimate of drug-likeness (QED) is 0.737. The van der Waals surface area contributed by atoms with E-state index >= 15 is 0 Å². The van der Waals surface area contributed by atoms with Crippen LogP contribution in [0.1, 0.15) is 42.9 Å². The lowest BCUT2D eigenvalue weighted by molar-refractivity contribution is 0.569. The van der Waals surface area contributed by atoms with Gasteiger partial charge in [-0.2, -0.15) is 0 Å². The molecule has 92 valence electrons. The summed E-state index contributed by atoms with van der Waals surface area (Å²) in [6, 6.07) is 9.14. The summed E-state index contributed by atoms with van der Waals surface area (Å²) in [5, 5.41) is 3.42. The SMILES string of the molecule is C=C(C)CNC(CN)c1ccc(C2CC2)cc1. The van der Waals surface area contributed by atoms with Gasteiger partial charge in [0.1, 0.15) is 0 Å². The van der Waals surface area contributed by atoms with Gasteiger partial charge in [-0.3, -0.25) is 0 Å². The predicted molar refractivity (Wildman–Crippen MR) is 73.0 cm³/mol. The van der Waals surface area contributed by atoms with Gasteiger partial charge in [0.2, 0.25) is 0 Å². The van der Waals surface area contributed by atoms with Gasteiger partial charge in [-0.05, 0) is 36.8 Å². The van der Waals surface area contributed by atoms with E-state index in [9.17, 15) is 0 Å². The third-order valence-electron chi connectivity index (χ3n) is 3.27. The Morgan fingerprint density at radius 3 is 2.53 bits per heavy atom. The van der Waals surface area contributed by atoms with Crippen molar-refractivity contribution in [2.75, 3.05) is 13.1 Å². The summed E-state index contributed by atoms with van der Waals surface area (Å²) in [6.07, 6.45) is 2.71. The van der Waals surface area contributed by atoms with Crippen LogP contribution in [0.5, 0.6) is 0 Å². The Morgan fingerprint density at radius 2 is 2.06 bits per heavy atom. The lowest BCUT2D eigenvalue weighted by Crippen LogP contribution is -2.29. The standard InChI is InChI=1S/C15H22N2/c1-11(2)10-17-15(9-16)14-7-5-13(6-8-14)12-3-4-12/h5-8,12,15,17H,1,3-4,9-10,16H2,2H3. The van der Waals surface area contributed by atoms with E-state index in [1.54, 1.807) is 0 Å². The number of benzene rings is 1. The molecule has 2 nitrogen and oxygen atoms in total. The highest BCUT2D eigenvalue weighted by Gasteiger charge is 2.23. The Bertz CT molecular complexity index is 376. The van der Waals surface area contributed by atoms with Crippen LogP contribution in [0.4, 0.5) is 0 Å². The van der Waals surface area contributed by atoms with Crippen molar-refractivity contribution in [2.45, 2.75) is 31.7 Å². The van der Waals surface area contributed by atoms with Gasteiger partial charge in [0, 0.05) is 19.1 Å². The van der Waals surface area contributed by atoms with Gasteiger partial charge >= 0.3 is 0 Å². The maximum Gasteiger partial charge on any atom is 0.0447 e. The normalized spacial score (nSPS) is 16.8. The molecule has 1 aliphatic rings. The molecule has 17 heavy (non-hydrogen) atoms. The summed E-state index contributed by atoms with van der Waals surface area (Å²) in [5.74, 6) is 0.823. The fourth-order valence-corrected chi connectivity index (χ4v) is 2.05. The molecule has 1 aromatic rings. The van der Waals surface area contributed by atoms with Gasteiger partial charge in [0.25, 0.3) is 0 Å². The smallest absolute Gasteiger partial charge is 0.0447 e. The highest BCUT2D eigenvalue weighted by molar-refractivity contribution is 5.30. The van der Waals surface area contributed by atoms with Crippen molar-refractivity contribution in [3.63, 3.8) is 0 Å². The largest absolute Gasteiger partial charge is 0.329 e. The lowest BCUT2D eigenvalue weighted by atomic mass is 10.0. The third-order valence-corrected chi connectivity index (χ3v) is 3.27. The van der Waals surface area contributed by atoms with Gasteiger partial charge in [0.05, 0.1) is 0 Å². The van der Waals surface area contributed by atoms with Crippen molar-refractivity contribution in [1.82, 2.24) is 5.32 Å². The second-order valence-electron chi connectivity index (χ2n) is 5.07. The minimum absolute atomic E-state index is 0.236. The Kier molecular flexibility index (Phi) is 3.97. The first-order valence-electron chi connectivity index (χ1n) is 6.38. The maximum absolute atomic E-state index is 5.81. The van der Waals surface area contributed by atoms with Crippen LogP contribution in [0.2, 0.25) is 0 Å². The molecule has 1 unspecified atom stereocenters. The van der Waals surface area contributed by atoms with E-state index in [0.29, 0.717) is 6.54 Å². The number of nitrogens with one attached hydrogen (secondary N) is 1. The first-order valence-corrected chi connectivity index (χ1v) is 6.38. The Hall–Kier alpha value is -1.12. The van der Waals surface area contributed by atoms with Crippen molar-refractivity contribution in [1.29, 1.82) is 0 Å². The fraction of sp³-hybridized carbons (Fsp3) is 0.467. The molecule has 0 bridgehead atoms. The van der Waals surface area contributed by atoms with Crippen LogP contribution in [-0.2, 0) is 0 Å². The van der Waals surface area contributed by atoms with Gasteiger partial charge in [0.15, 0.2) is 0 Å². The second kappa shape index (κ2) is 5.48. The average Bonchev–Trinajstić information content (AvgIpc) is 3.14. The van der Waals surface area contributed by atoms with Gasteiger partial charge in [-0.25, -0.2) is 0 Å². The number of nitrogens with two attached hydrogens (primary N) is 1. The molecular formula is C15H22N2. The lowest BCUT2D eigenvalue weighted by Gasteiger charge is -2.17. The van der Waals surface area contributed by atoms with Gasteiger partial charge in [-0.1, -0.05) is 36.4 Å². The molecule has 1 aromatic carbocycles. The number of hydrogen-bond acceptors (Lipinski definition) is 2. The van der Waals surface area contributed by atoms with Crippen molar-refractivity contribution in [2.24, 2.45) is 5.73 Å². The van der Waals surface area contributed by atoms with Gasteiger partial charge in [-0.15, -0.1) is 0 Å². The molecule has 0 heterocycles. The molecule has 0 radical (unpaired) electrons. The van der Waals surface area contributed by atoms with E-state index in [1.165, 1.54) is 24.0 Å². The van der Waals surface area contributed by atoms with Crippen LogP contribution in [0.25, 0.3) is 0 Å². The number of hydrogen-bond donors (Lipinski definition) is 2. The van der Waals surface area contributed by atoms with E-state index in [1.807, 2.05) is 6.92 Å². The fourth-order valence-electron chi connectivity index (χ4n) is 2.05. The first kappa shape index (κ1) is 12.3. The summed E-state index contributed by atoms with van der Waals surface area (Å²) < 4.78 is 0. The highest BCUT2D eigenvalue weighted by atomic mass is 14.9. The minimum Gasteiger partial charge on any atom is -0.329 e. The van der Waals surface area contributed by atoms with Crippen molar-refractivity contribution < 1.29 is 0 Å². The zero-order valence-electron chi connectivity index (χ0n) is 10.6. The van der Waals surface area contributed by atoms with Gasteiger partial charge < -0.3 is 11.1 Å². The van der Waals surface area contributed by atoms with E-state index in [4.69, 9.17) is 5.73 Å². The Labute approximate surface area is 104 Å². The molecule has 1 fully saturated rings. The molecular weight excluding hydrogens is 208 g/mol. The summed E-state index contributed by atoms with van der Waals surface area (Å²) in [6.45, 7) is 7.37. The van der Waals surface area contributed by atoms with Crippen LogP contribution in [0.3, 0.4) is 0 Å². The first-order chi connectivity index (χ1) is 8.20. The maximum atomic E-state index is 5.81. The van der Waals surface area contributed by atoms with Crippen LogP contribution in [0, 0.1) is 0 Å². The molecule has 1 aliphatic carbocycles. The minimum atomic E-state index is 0.236. The number of rotatable bonds is 6. The summed E-state index contributed by atoms with van der Waals surface area (Å²) in [4.78, 5) is 0. The predicted octanol–water partition coefficient (Wildman–Crippen LogP) is 2.73. The van der Waals surface area contributed by atoms with Crippen LogP contribution in [-0.4, -0.2) is 13.1 Å². The Balaban J connectivity index is 1.99. The topological polar surface area (TPSA) is 38.0 Å². The molecule has 1 saturated carbocycles.